The Bertz CT molecular complexity index is 1670. The number of fused-ring (bicyclic) bond motifs is 1. The molecular weight excluding hydrogens is 494 g/mol. The predicted octanol–water partition coefficient (Wildman–Crippen LogP) is 6.99. The molecule has 4 aliphatic carbocycles. The molecule has 0 spiro atoms. The van der Waals surface area contributed by atoms with Crippen LogP contribution in [0.4, 0.5) is 5.69 Å². The number of rotatable bonds is 6. The Hall–Kier alpha value is -4.19. The minimum Gasteiger partial charge on any atom is -0.319 e. The van der Waals surface area contributed by atoms with Crippen molar-refractivity contribution in [3.05, 3.63) is 108 Å². The Morgan fingerprint density at radius 1 is 0.850 bits per heavy atom. The van der Waals surface area contributed by atoms with Crippen LogP contribution in [0.5, 0.6) is 0 Å². The van der Waals surface area contributed by atoms with Gasteiger partial charge >= 0.3 is 0 Å². The topological polar surface area (TPSA) is 64.7 Å². The molecule has 6 nitrogen and oxygen atoms in total. The van der Waals surface area contributed by atoms with Gasteiger partial charge in [-0.1, -0.05) is 60.7 Å². The molecule has 3 aromatic carbocycles. The van der Waals surface area contributed by atoms with Crippen molar-refractivity contribution < 1.29 is 4.79 Å². The highest BCUT2D eigenvalue weighted by Gasteiger charge is 2.54. The summed E-state index contributed by atoms with van der Waals surface area (Å²) in [5.41, 5.74) is 4.60. The molecule has 4 bridgehead atoms. The van der Waals surface area contributed by atoms with Gasteiger partial charge in [-0.05, 0) is 84.7 Å². The van der Waals surface area contributed by atoms with Crippen LogP contribution in [-0.4, -0.2) is 25.5 Å². The maximum Gasteiger partial charge on any atom is 0.259 e. The summed E-state index contributed by atoms with van der Waals surface area (Å²) in [6.45, 7) is 0.641. The molecular formula is C34H33N5O. The Morgan fingerprint density at radius 3 is 2.33 bits per heavy atom. The first kappa shape index (κ1) is 23.7. The van der Waals surface area contributed by atoms with Gasteiger partial charge in [-0.3, -0.25) is 9.48 Å². The van der Waals surface area contributed by atoms with Crippen LogP contribution in [0.25, 0.3) is 16.5 Å². The number of amides is 1. The van der Waals surface area contributed by atoms with E-state index in [1.54, 1.807) is 6.20 Å². The lowest BCUT2D eigenvalue weighted by atomic mass is 9.48. The number of carbonyl (C=O) groups is 1. The lowest BCUT2D eigenvalue weighted by Crippen LogP contribution is -2.49. The number of nitrogens with zero attached hydrogens (tertiary/aromatic N) is 4. The number of benzene rings is 3. The van der Waals surface area contributed by atoms with Gasteiger partial charge in [0.1, 0.15) is 0 Å². The normalized spacial score (nSPS) is 24.9. The largest absolute Gasteiger partial charge is 0.319 e. The Balaban J connectivity index is 1.10. The van der Waals surface area contributed by atoms with Crippen molar-refractivity contribution in [3.63, 3.8) is 0 Å². The molecule has 5 aromatic rings. The molecule has 1 N–H and O–H groups in total. The van der Waals surface area contributed by atoms with Crippen LogP contribution in [0.3, 0.4) is 0 Å². The van der Waals surface area contributed by atoms with Gasteiger partial charge < -0.3 is 5.32 Å². The van der Waals surface area contributed by atoms with E-state index < -0.39 is 0 Å². The highest BCUT2D eigenvalue weighted by molar-refractivity contribution is 6.05. The quantitative estimate of drug-likeness (QED) is 0.259. The van der Waals surface area contributed by atoms with Crippen molar-refractivity contribution in [2.45, 2.75) is 50.5 Å². The first-order chi connectivity index (χ1) is 19.6. The lowest BCUT2D eigenvalue weighted by Gasteiger charge is -2.56. The number of hydrogen-bond acceptors (Lipinski definition) is 3. The van der Waals surface area contributed by atoms with Crippen LogP contribution in [-0.2, 0) is 12.0 Å². The van der Waals surface area contributed by atoms with Gasteiger partial charge in [0.15, 0.2) is 0 Å². The summed E-state index contributed by atoms with van der Waals surface area (Å²) < 4.78 is 3.80. The summed E-state index contributed by atoms with van der Waals surface area (Å²) in [5, 5.41) is 15.3. The van der Waals surface area contributed by atoms with Gasteiger partial charge in [0.05, 0.1) is 35.4 Å². The SMILES string of the molecule is O=C(Nc1cnn(Cc2cccc3ccccc23)c1)c1cn(-c2ccccc2)nc1C12CC3CC(CC(C3)C1)C2. The van der Waals surface area contributed by atoms with Crippen LogP contribution < -0.4 is 5.32 Å². The van der Waals surface area contributed by atoms with E-state index in [4.69, 9.17) is 5.10 Å². The number of anilines is 1. The summed E-state index contributed by atoms with van der Waals surface area (Å²) >= 11 is 0. The molecule has 9 rings (SSSR count). The van der Waals surface area contributed by atoms with Gasteiger partial charge in [0.2, 0.25) is 0 Å². The highest BCUT2D eigenvalue weighted by atomic mass is 16.1. The van der Waals surface area contributed by atoms with Gasteiger partial charge in [-0.25, -0.2) is 4.68 Å². The van der Waals surface area contributed by atoms with Crippen LogP contribution in [0.1, 0.15) is 60.1 Å². The molecule has 0 radical (unpaired) electrons. The first-order valence-electron chi connectivity index (χ1n) is 14.6. The zero-order valence-corrected chi connectivity index (χ0v) is 22.5. The van der Waals surface area contributed by atoms with Crippen molar-refractivity contribution in [1.29, 1.82) is 0 Å². The number of para-hydroxylation sites is 1. The molecule has 4 aliphatic rings. The van der Waals surface area contributed by atoms with E-state index in [0.717, 1.165) is 48.4 Å². The van der Waals surface area contributed by atoms with E-state index >= 15 is 0 Å². The third-order valence-electron chi connectivity index (χ3n) is 9.62. The smallest absolute Gasteiger partial charge is 0.259 e. The molecule has 6 heteroatoms. The summed E-state index contributed by atoms with van der Waals surface area (Å²) in [7, 11) is 0. The second-order valence-corrected chi connectivity index (χ2v) is 12.4. The molecule has 4 saturated carbocycles. The van der Waals surface area contributed by atoms with E-state index in [0.29, 0.717) is 17.8 Å². The average molecular weight is 528 g/mol. The summed E-state index contributed by atoms with van der Waals surface area (Å²) in [6, 6.07) is 24.9. The summed E-state index contributed by atoms with van der Waals surface area (Å²) in [5.74, 6) is 2.22. The van der Waals surface area contributed by atoms with Crippen LogP contribution >= 0.6 is 0 Å². The number of nitrogens with one attached hydrogen (secondary N) is 1. The fraction of sp³-hybridized carbons (Fsp3) is 0.324. The Labute approximate surface area is 234 Å². The number of hydrogen-bond donors (Lipinski definition) is 1. The van der Waals surface area contributed by atoms with Crippen molar-refractivity contribution in [1.82, 2.24) is 19.6 Å². The molecule has 2 aromatic heterocycles. The van der Waals surface area contributed by atoms with E-state index in [2.05, 4.69) is 65.0 Å². The minimum atomic E-state index is -0.0994. The predicted molar refractivity (Wildman–Crippen MR) is 157 cm³/mol. The van der Waals surface area contributed by atoms with Crippen molar-refractivity contribution in [2.24, 2.45) is 17.8 Å². The second-order valence-electron chi connectivity index (χ2n) is 12.4. The third-order valence-corrected chi connectivity index (χ3v) is 9.62. The number of carbonyl (C=O) groups excluding carboxylic acids is 1. The van der Waals surface area contributed by atoms with Gasteiger partial charge in [0.25, 0.3) is 5.91 Å². The zero-order chi connectivity index (χ0) is 26.7. The average Bonchev–Trinajstić information content (AvgIpc) is 3.61. The van der Waals surface area contributed by atoms with Gasteiger partial charge in [-0.15, -0.1) is 0 Å². The van der Waals surface area contributed by atoms with Crippen molar-refractivity contribution in [3.8, 4) is 5.69 Å². The van der Waals surface area contributed by atoms with Crippen LogP contribution in [0.15, 0.2) is 91.4 Å². The molecule has 40 heavy (non-hydrogen) atoms. The molecule has 0 saturated heterocycles. The molecule has 2 heterocycles. The monoisotopic (exact) mass is 527 g/mol. The van der Waals surface area contributed by atoms with E-state index in [1.165, 1.54) is 35.6 Å². The minimum absolute atomic E-state index is 0.0139. The molecule has 0 unspecified atom stereocenters. The fourth-order valence-electron chi connectivity index (χ4n) is 8.36. The fourth-order valence-corrected chi connectivity index (χ4v) is 8.36. The number of aromatic nitrogens is 4. The summed E-state index contributed by atoms with van der Waals surface area (Å²) in [4.78, 5) is 13.9. The maximum atomic E-state index is 13.9. The molecule has 0 atom stereocenters. The molecule has 200 valence electrons. The second kappa shape index (κ2) is 9.19. The van der Waals surface area contributed by atoms with Crippen molar-refractivity contribution >= 4 is 22.4 Å². The van der Waals surface area contributed by atoms with Gasteiger partial charge in [-0.2, -0.15) is 10.2 Å². The lowest BCUT2D eigenvalue weighted by molar-refractivity contribution is -0.00765. The van der Waals surface area contributed by atoms with Crippen LogP contribution in [0.2, 0.25) is 0 Å². The van der Waals surface area contributed by atoms with E-state index in [9.17, 15) is 4.79 Å². The third kappa shape index (κ3) is 4.05. The molecule has 0 aliphatic heterocycles. The standard InChI is InChI=1S/C34H33N5O/c40-33(36-28-19-35-38(21-28)20-27-9-6-8-26-7-4-5-12-30(26)27)31-22-39(29-10-2-1-3-11-29)37-32(31)34-16-23-13-24(17-34)15-25(14-23)18-34/h1-12,19,21-25H,13-18,20H2,(H,36,40). The molecule has 1 amide bonds. The van der Waals surface area contributed by atoms with E-state index in [1.807, 2.05) is 40.0 Å². The van der Waals surface area contributed by atoms with E-state index in [-0.39, 0.29) is 11.3 Å². The van der Waals surface area contributed by atoms with Crippen LogP contribution in [0, 0.1) is 17.8 Å². The Kier molecular flexibility index (Phi) is 5.44. The molecule has 4 fully saturated rings. The van der Waals surface area contributed by atoms with Gasteiger partial charge in [0, 0.05) is 17.8 Å². The Morgan fingerprint density at radius 2 is 1.55 bits per heavy atom. The zero-order valence-electron chi connectivity index (χ0n) is 22.5. The first-order valence-corrected chi connectivity index (χ1v) is 14.6. The maximum absolute atomic E-state index is 13.9. The highest BCUT2D eigenvalue weighted by Crippen LogP contribution is 2.61. The van der Waals surface area contributed by atoms with Crippen molar-refractivity contribution in [2.75, 3.05) is 5.32 Å². The summed E-state index contributed by atoms with van der Waals surface area (Å²) in [6.07, 6.45) is 13.2.